The Hall–Kier alpha value is -1.17. The minimum absolute atomic E-state index is 0. The molecule has 0 heterocycles. The van der Waals surface area contributed by atoms with Crippen molar-refractivity contribution < 1.29 is 161 Å². The van der Waals surface area contributed by atoms with Crippen molar-refractivity contribution >= 4 is 50.6 Å². The predicted molar refractivity (Wildman–Crippen MR) is 230 cm³/mol. The number of hydrogen-bond acceptors (Lipinski definition) is 23. The minimum Gasteiger partial charge on any atom is -0.870 e. The topological polar surface area (TPSA) is 782 Å². The van der Waals surface area contributed by atoms with Crippen LogP contribution in [-0.4, -0.2) is 210 Å². The van der Waals surface area contributed by atoms with E-state index in [2.05, 4.69) is 0 Å². The third kappa shape index (κ3) is 671. The predicted octanol–water partition coefficient (Wildman–Crippen LogP) is -8.44. The molecule has 0 bridgehead atoms. The standard InChI is InChI=1S/3C2H6O4S.3C2H6O.2C2H6.2CH4O3S.5CH4.12H2O/c3*1-2(3)7(4,5)6;3*1-2-3;2*1-2;2*1-5(2,3)4;;;;;;;;;;;;;;;;;/h3*2-3H,1H3,(H,4,5,6);3*3H,2H2,1H3;2*1-2H3;2*1H3,(H,2,3,4);5*1H4;12*1H2/p-7. The van der Waals surface area contributed by atoms with Gasteiger partial charge >= 0.3 is 0 Å². The lowest BCUT2D eigenvalue weighted by molar-refractivity contribution is 0.249. The highest BCUT2D eigenvalue weighted by Crippen LogP contribution is 1.89. The molecule has 0 fully saturated rings. The molecule has 61 heavy (non-hydrogen) atoms. The van der Waals surface area contributed by atoms with Crippen molar-refractivity contribution in [3.8, 4) is 0 Å². The zero-order valence-corrected chi connectivity index (χ0v) is 36.7. The van der Waals surface area contributed by atoms with Crippen LogP contribution in [0.1, 0.15) is 106 Å². The maximum atomic E-state index is 9.53. The lowest BCUT2D eigenvalue weighted by Crippen LogP contribution is -2.14. The van der Waals surface area contributed by atoms with E-state index in [1.165, 1.54) is 0 Å². The van der Waals surface area contributed by atoms with Crippen molar-refractivity contribution in [2.45, 2.75) is 123 Å². The average Bonchev–Trinajstić information content (AvgIpc) is 2.75. The lowest BCUT2D eigenvalue weighted by atomic mass is 10.9. The summed E-state index contributed by atoms with van der Waals surface area (Å²) in [6.45, 7) is 16.5. The molecule has 38 heteroatoms. The molecule has 0 spiro atoms. The van der Waals surface area contributed by atoms with Crippen LogP contribution in [-0.2, 0) is 50.6 Å². The summed E-state index contributed by atoms with van der Waals surface area (Å²) in [6, 6.07) is 0. The molecule has 0 amide bonds. The van der Waals surface area contributed by atoms with Gasteiger partial charge in [-0.2, -0.15) is 0 Å². The van der Waals surface area contributed by atoms with Crippen LogP contribution in [0.4, 0.5) is 0 Å². The third-order valence-electron chi connectivity index (χ3n) is 1.25. The van der Waals surface area contributed by atoms with Gasteiger partial charge in [0.1, 0.15) is 46.7 Å². The summed E-state index contributed by atoms with van der Waals surface area (Å²) >= 11 is 0. The quantitative estimate of drug-likeness (QED) is 0.143. The first kappa shape index (κ1) is 192. The van der Waals surface area contributed by atoms with Gasteiger partial charge in [-0.1, -0.05) is 64.8 Å². The number of hydrogen-bond donors (Lipinski definition) is 6. The highest BCUT2D eigenvalue weighted by molar-refractivity contribution is 7.86. The van der Waals surface area contributed by atoms with Crippen LogP contribution in [0.15, 0.2) is 0 Å². The fourth-order valence-corrected chi connectivity index (χ4v) is 0. The molecule has 0 aromatic heterocycles. The van der Waals surface area contributed by atoms with Crippen LogP contribution in [0.5, 0.6) is 0 Å². The van der Waals surface area contributed by atoms with Gasteiger partial charge in [0.25, 0.3) is 0 Å². The molecule has 33 nitrogen and oxygen atoms in total. The van der Waals surface area contributed by atoms with Gasteiger partial charge < -0.3 is 119 Å². The summed E-state index contributed by atoms with van der Waals surface area (Å²) in [5, 5.41) is 46.7. The van der Waals surface area contributed by atoms with Crippen LogP contribution in [0.25, 0.3) is 0 Å². The molecule has 420 valence electrons. The molecule has 0 radical (unpaired) electrons. The fraction of sp³-hybridized carbons (Fsp3) is 1.00. The molecular weight excluding hydrogens is 965 g/mol. The van der Waals surface area contributed by atoms with E-state index >= 15 is 0 Å². The van der Waals surface area contributed by atoms with Crippen LogP contribution >= 0.6 is 0 Å². The second-order valence-electron chi connectivity index (χ2n) is 5.63. The van der Waals surface area contributed by atoms with E-state index in [4.69, 9.17) is 56.6 Å². The Morgan fingerprint density at radius 1 is 0.361 bits per heavy atom. The third-order valence-corrected chi connectivity index (χ3v) is 3.76. The van der Waals surface area contributed by atoms with E-state index in [0.29, 0.717) is 12.5 Å². The smallest absolute Gasteiger partial charge is 0.140 e. The fourth-order valence-electron chi connectivity index (χ4n) is 0. The largest absolute Gasteiger partial charge is 0.870 e. The summed E-state index contributed by atoms with van der Waals surface area (Å²) < 4.78 is 140. The van der Waals surface area contributed by atoms with Crippen molar-refractivity contribution in [2.24, 2.45) is 0 Å². The van der Waals surface area contributed by atoms with Crippen molar-refractivity contribution in [2.75, 3.05) is 32.3 Å². The van der Waals surface area contributed by atoms with Gasteiger partial charge in [0.05, 0.1) is 20.2 Å². The molecule has 3 atom stereocenters. The maximum Gasteiger partial charge on any atom is 0.140 e. The highest BCUT2D eigenvalue weighted by atomic mass is 32.2. The molecule has 0 rings (SSSR count). The number of aliphatic hydroxyl groups excluding tert-OH is 6. The molecule has 0 aliphatic carbocycles. The first-order chi connectivity index (χ1) is 19.1. The van der Waals surface area contributed by atoms with E-state index in [9.17, 15) is 38.9 Å². The molecule has 0 saturated heterocycles. The van der Waals surface area contributed by atoms with Gasteiger partial charge in [0.15, 0.2) is 0 Å². The van der Waals surface area contributed by atoms with Crippen LogP contribution in [0.3, 0.4) is 0 Å². The molecule has 3 unspecified atom stereocenters. The Morgan fingerprint density at radius 2 is 0.377 bits per heavy atom. The Labute approximate surface area is 366 Å². The maximum absolute atomic E-state index is 9.53. The summed E-state index contributed by atoms with van der Waals surface area (Å²) in [6.07, 6.45) is 1.21. The van der Waals surface area contributed by atoms with E-state index in [0.717, 1.165) is 20.8 Å². The zero-order valence-electron chi connectivity index (χ0n) is 32.6. The molecule has 0 aliphatic rings. The average molecular weight is 1060 g/mol. The van der Waals surface area contributed by atoms with Crippen molar-refractivity contribution in [3.05, 3.63) is 0 Å². The highest BCUT2D eigenvalue weighted by Gasteiger charge is 2.01. The van der Waals surface area contributed by atoms with Gasteiger partial charge in [-0.15, -0.1) is 0 Å². The number of aliphatic hydroxyl groups is 6. The SMILES string of the molecule is C.C.C.C.C.CC.CC.CC(O)S(=O)(=O)[O-].CC(O)S(=O)(=O)[O-].CC(O)S(=O)(=O)[O-].CCO.CCO.CCO.CS(=O)(=O)[O-].CS(=O)(=O)[O-].O.O.O.O.O.O.O.O.O.O.[OH-].[OH-]. The van der Waals surface area contributed by atoms with Gasteiger partial charge in [-0.3, -0.25) is 0 Å². The summed E-state index contributed by atoms with van der Waals surface area (Å²) in [4.78, 5) is 0. The first-order valence-corrected chi connectivity index (χ1v) is 19.6. The molecule has 0 aliphatic heterocycles. The van der Waals surface area contributed by atoms with Crippen LogP contribution in [0, 0.1) is 0 Å². The van der Waals surface area contributed by atoms with Crippen LogP contribution in [0.2, 0.25) is 0 Å². The monoisotopic (exact) mass is 1060 g/mol. The Morgan fingerprint density at radius 3 is 0.377 bits per heavy atom. The van der Waals surface area contributed by atoms with Crippen molar-refractivity contribution in [1.29, 1.82) is 0 Å². The normalized spacial score (nSPS) is 8.64. The zero-order chi connectivity index (χ0) is 39.4. The lowest BCUT2D eigenvalue weighted by Gasteiger charge is -2.07. The second-order valence-corrected chi connectivity index (χ2v) is 13.5. The Bertz CT molecular complexity index is 928. The van der Waals surface area contributed by atoms with E-state index in [1.807, 2.05) is 27.7 Å². The van der Waals surface area contributed by atoms with Gasteiger partial charge in [0.2, 0.25) is 0 Å². The molecule has 0 saturated carbocycles. The summed E-state index contributed by atoms with van der Waals surface area (Å²) in [5.74, 6) is 0. The molecule has 28 N–H and O–H groups in total. The Balaban J connectivity index is -0.00000000834. The van der Waals surface area contributed by atoms with Crippen LogP contribution < -0.4 is 0 Å². The van der Waals surface area contributed by atoms with Crippen molar-refractivity contribution in [3.63, 3.8) is 0 Å². The van der Waals surface area contributed by atoms with Gasteiger partial charge in [-0.25, -0.2) is 42.1 Å². The van der Waals surface area contributed by atoms with E-state index in [1.54, 1.807) is 20.8 Å². The minimum atomic E-state index is -4.44. The number of rotatable bonds is 3. The first-order valence-electron chi connectivity index (χ1n) is 11.6. The molecular formula is C23H93O33S5-7. The summed E-state index contributed by atoms with van der Waals surface area (Å²) in [7, 11) is -21.1. The van der Waals surface area contributed by atoms with E-state index in [-0.39, 0.29) is 123 Å². The van der Waals surface area contributed by atoms with Gasteiger partial charge in [0, 0.05) is 32.3 Å². The summed E-state index contributed by atoms with van der Waals surface area (Å²) in [5.41, 5.74) is -5.35. The van der Waals surface area contributed by atoms with Gasteiger partial charge in [-0.05, 0) is 41.5 Å². The molecule has 0 aromatic rings. The Kier molecular flexibility index (Phi) is 372. The second kappa shape index (κ2) is 118. The molecule has 0 aromatic carbocycles. The van der Waals surface area contributed by atoms with Crippen molar-refractivity contribution in [1.82, 2.24) is 0 Å². The van der Waals surface area contributed by atoms with E-state index < -0.39 is 66.9 Å².